The fourth-order valence-corrected chi connectivity index (χ4v) is 2.70. The third-order valence-corrected chi connectivity index (χ3v) is 4.12. The second kappa shape index (κ2) is 11.6. The summed E-state index contributed by atoms with van der Waals surface area (Å²) >= 11 is 0. The van der Waals surface area contributed by atoms with Crippen LogP contribution in [0.25, 0.3) is 6.08 Å². The van der Waals surface area contributed by atoms with E-state index in [9.17, 15) is 9.59 Å². The van der Waals surface area contributed by atoms with E-state index >= 15 is 0 Å². The van der Waals surface area contributed by atoms with E-state index in [2.05, 4.69) is 0 Å². The van der Waals surface area contributed by atoms with Crippen molar-refractivity contribution in [3.8, 4) is 0 Å². The van der Waals surface area contributed by atoms with E-state index < -0.39 is 0 Å². The van der Waals surface area contributed by atoms with Gasteiger partial charge in [0.15, 0.2) is 11.6 Å². The van der Waals surface area contributed by atoms with Crippen molar-refractivity contribution in [3.63, 3.8) is 0 Å². The quantitative estimate of drug-likeness (QED) is 0.0998. The summed E-state index contributed by atoms with van der Waals surface area (Å²) in [5, 5.41) is 0. The molecule has 0 aliphatic rings. The molecule has 0 fully saturated rings. The molecule has 0 spiro atoms. The standard InChI is InChI=1S/C21H15O2.C5H5.Fe/c22-20(17-11-3-1-4-12-17)19(15-16-9-7-8-10-16)21(23)18-13-5-2-6-14-18;1-2-4-5-3-1;/h1-15H;1-5H;/q2*-1;+2. The average Bonchev–Trinajstić information content (AvgIpc) is 3.49. The number of hydrogen-bond donors (Lipinski definition) is 0. The van der Waals surface area contributed by atoms with Gasteiger partial charge in [0.2, 0.25) is 0 Å². The molecule has 0 atom stereocenters. The number of carbonyl (C=O) groups excluding carboxylic acids is 2. The number of carbonyl (C=O) groups is 2. The van der Waals surface area contributed by atoms with Crippen LogP contribution in [0.4, 0.5) is 0 Å². The van der Waals surface area contributed by atoms with Crippen LogP contribution in [0.1, 0.15) is 26.3 Å². The zero-order chi connectivity index (χ0) is 19.6. The predicted molar refractivity (Wildman–Crippen MR) is 114 cm³/mol. The summed E-state index contributed by atoms with van der Waals surface area (Å²) in [6.45, 7) is 0. The van der Waals surface area contributed by atoms with E-state index in [1.807, 2.05) is 66.7 Å². The zero-order valence-corrected chi connectivity index (χ0v) is 16.8. The molecule has 3 heteroatoms. The fraction of sp³-hybridized carbons (Fsp3) is 0. The van der Waals surface area contributed by atoms with Gasteiger partial charge in [-0.05, 0) is 0 Å². The van der Waals surface area contributed by atoms with Crippen LogP contribution in [-0.4, -0.2) is 11.6 Å². The molecule has 2 nitrogen and oxygen atoms in total. The molecule has 4 rings (SSSR count). The molecule has 0 aromatic heterocycles. The number of Topliss-reactive ketones (excluding diaryl/α,β-unsaturated/α-hetero) is 2. The van der Waals surface area contributed by atoms with Crippen molar-refractivity contribution in [1.82, 2.24) is 0 Å². The van der Waals surface area contributed by atoms with Crippen molar-refractivity contribution < 1.29 is 26.7 Å². The molecule has 0 saturated heterocycles. The fourth-order valence-electron chi connectivity index (χ4n) is 2.70. The van der Waals surface area contributed by atoms with Crippen molar-refractivity contribution in [2.75, 3.05) is 0 Å². The smallest absolute Gasteiger partial charge is 0.289 e. The molecule has 4 aromatic rings. The van der Waals surface area contributed by atoms with Crippen molar-refractivity contribution >= 4 is 17.6 Å². The Morgan fingerprint density at radius 2 is 1.14 bits per heavy atom. The van der Waals surface area contributed by atoms with Crippen LogP contribution in [0.2, 0.25) is 0 Å². The molecular weight excluding hydrogens is 400 g/mol. The van der Waals surface area contributed by atoms with Crippen molar-refractivity contribution in [2.24, 2.45) is 0 Å². The van der Waals surface area contributed by atoms with Gasteiger partial charge >= 0.3 is 17.1 Å². The summed E-state index contributed by atoms with van der Waals surface area (Å²) < 4.78 is 0. The van der Waals surface area contributed by atoms with Crippen LogP contribution in [0.15, 0.2) is 121 Å². The Labute approximate surface area is 181 Å². The number of rotatable bonds is 5. The van der Waals surface area contributed by atoms with Gasteiger partial charge in [-0.1, -0.05) is 60.7 Å². The first kappa shape index (κ1) is 22.0. The molecule has 4 aromatic carbocycles. The molecule has 0 aliphatic carbocycles. The van der Waals surface area contributed by atoms with Gasteiger partial charge in [0.25, 0.3) is 0 Å². The number of hydrogen-bond acceptors (Lipinski definition) is 2. The molecule has 144 valence electrons. The second-order valence-electron chi connectivity index (χ2n) is 6.13. The third-order valence-electron chi connectivity index (χ3n) is 4.12. The molecule has 0 heterocycles. The summed E-state index contributed by atoms with van der Waals surface area (Å²) in [4.78, 5) is 25.6. The summed E-state index contributed by atoms with van der Waals surface area (Å²) in [7, 11) is 0. The maximum atomic E-state index is 12.8. The van der Waals surface area contributed by atoms with Gasteiger partial charge in [-0.3, -0.25) is 9.59 Å². The van der Waals surface area contributed by atoms with Gasteiger partial charge in [0.05, 0.1) is 5.57 Å². The minimum atomic E-state index is -0.263. The van der Waals surface area contributed by atoms with Crippen molar-refractivity contribution in [3.05, 3.63) is 138 Å². The minimum absolute atomic E-state index is 0. The maximum Gasteiger partial charge on any atom is 2.00 e. The molecule has 29 heavy (non-hydrogen) atoms. The number of allylic oxidation sites excluding steroid dienone is 1. The molecule has 0 unspecified atom stereocenters. The van der Waals surface area contributed by atoms with E-state index in [1.54, 1.807) is 54.6 Å². The molecule has 0 aliphatic heterocycles. The van der Waals surface area contributed by atoms with Crippen LogP contribution < -0.4 is 0 Å². The Balaban J connectivity index is 0.000000437. The Morgan fingerprint density at radius 3 is 1.52 bits per heavy atom. The third kappa shape index (κ3) is 6.39. The summed E-state index contributed by atoms with van der Waals surface area (Å²) in [5.41, 5.74) is 2.03. The Bertz CT molecular complexity index is 942. The SMILES string of the molecule is O=C(C(=Cc1cc[cH-]c1)C(=O)c1ccccc1)c1ccccc1.[Fe+2].c1cc[cH-]c1. The van der Waals surface area contributed by atoms with E-state index in [-0.39, 0.29) is 34.2 Å². The largest absolute Gasteiger partial charge is 2.00 e. The van der Waals surface area contributed by atoms with Crippen LogP contribution in [0.3, 0.4) is 0 Å². The Morgan fingerprint density at radius 1 is 0.621 bits per heavy atom. The minimum Gasteiger partial charge on any atom is -0.289 e. The van der Waals surface area contributed by atoms with Crippen LogP contribution >= 0.6 is 0 Å². The van der Waals surface area contributed by atoms with E-state index in [1.165, 1.54) is 0 Å². The monoisotopic (exact) mass is 420 g/mol. The van der Waals surface area contributed by atoms with Crippen molar-refractivity contribution in [2.45, 2.75) is 0 Å². The summed E-state index contributed by atoms with van der Waals surface area (Å²) in [6, 6.07) is 35.2. The molecule has 0 saturated carbocycles. The maximum absolute atomic E-state index is 12.8. The van der Waals surface area contributed by atoms with E-state index in [0.29, 0.717) is 11.1 Å². The normalized spacial score (nSPS) is 9.38. The predicted octanol–water partition coefficient (Wildman–Crippen LogP) is 5.96. The van der Waals surface area contributed by atoms with Crippen LogP contribution in [0, 0.1) is 0 Å². The van der Waals surface area contributed by atoms with Crippen LogP contribution in [-0.2, 0) is 17.1 Å². The van der Waals surface area contributed by atoms with Gasteiger partial charge in [0.1, 0.15) is 0 Å². The van der Waals surface area contributed by atoms with E-state index in [0.717, 1.165) is 5.56 Å². The molecule has 0 bridgehead atoms. The molecule has 0 radical (unpaired) electrons. The zero-order valence-electron chi connectivity index (χ0n) is 15.7. The molecule has 0 N–H and O–H groups in total. The molecular formula is C26H20FeO2. The topological polar surface area (TPSA) is 34.1 Å². The van der Waals surface area contributed by atoms with E-state index in [4.69, 9.17) is 0 Å². The van der Waals surface area contributed by atoms with Crippen molar-refractivity contribution in [1.29, 1.82) is 0 Å². The average molecular weight is 420 g/mol. The van der Waals surface area contributed by atoms with Gasteiger partial charge in [-0.2, -0.15) is 42.0 Å². The summed E-state index contributed by atoms with van der Waals surface area (Å²) in [5.74, 6) is -0.527. The first-order valence-corrected chi connectivity index (χ1v) is 9.05. The second-order valence-corrected chi connectivity index (χ2v) is 6.13. The first-order valence-electron chi connectivity index (χ1n) is 9.05. The van der Waals surface area contributed by atoms with Gasteiger partial charge in [-0.25, -0.2) is 18.2 Å². The Hall–Kier alpha value is -3.26. The number of ketones is 2. The number of benzene rings is 2. The van der Waals surface area contributed by atoms with Crippen LogP contribution in [0.5, 0.6) is 0 Å². The van der Waals surface area contributed by atoms with Gasteiger partial charge < -0.3 is 0 Å². The molecule has 0 amide bonds. The Kier molecular flexibility index (Phi) is 8.78. The summed E-state index contributed by atoms with van der Waals surface area (Å²) in [6.07, 6.45) is 1.66. The van der Waals surface area contributed by atoms with Gasteiger partial charge in [0, 0.05) is 11.1 Å². The first-order chi connectivity index (χ1) is 13.8. The van der Waals surface area contributed by atoms with Gasteiger partial charge in [-0.15, -0.1) is 6.08 Å².